The summed E-state index contributed by atoms with van der Waals surface area (Å²) >= 11 is 0. The molecule has 0 saturated heterocycles. The van der Waals surface area contributed by atoms with Crippen LogP contribution in [-0.2, 0) is 6.54 Å². The van der Waals surface area contributed by atoms with Gasteiger partial charge in [-0.1, -0.05) is 0 Å². The number of aryl methyl sites for hydroxylation is 1. The van der Waals surface area contributed by atoms with Gasteiger partial charge < -0.3 is 4.98 Å². The molecule has 0 bridgehead atoms. The average Bonchev–Trinajstić information content (AvgIpc) is 2.04. The van der Waals surface area contributed by atoms with Crippen LogP contribution in [0.25, 0.3) is 0 Å². The average molecular weight is 179 g/mol. The fourth-order valence-electron chi connectivity index (χ4n) is 1.10. The second-order valence-electron chi connectivity index (χ2n) is 2.59. The van der Waals surface area contributed by atoms with Gasteiger partial charge in [0.25, 0.3) is 5.56 Å². The van der Waals surface area contributed by atoms with Crippen molar-refractivity contribution in [1.29, 1.82) is 5.26 Å². The monoisotopic (exact) mass is 179 g/mol. The molecule has 1 rings (SSSR count). The lowest BCUT2D eigenvalue weighted by molar-refractivity contribution is 0.664. The molecular weight excluding hydrogens is 170 g/mol. The van der Waals surface area contributed by atoms with Crippen LogP contribution in [0.15, 0.2) is 9.59 Å². The summed E-state index contributed by atoms with van der Waals surface area (Å²) in [6.45, 7) is 3.47. The van der Waals surface area contributed by atoms with Crippen LogP contribution < -0.4 is 11.2 Å². The van der Waals surface area contributed by atoms with E-state index in [-0.39, 0.29) is 12.1 Å². The Balaban J connectivity index is 3.72. The van der Waals surface area contributed by atoms with Crippen LogP contribution in [0.4, 0.5) is 0 Å². The largest absolute Gasteiger partial charge is 0.328 e. The number of rotatable bonds is 1. The molecule has 5 nitrogen and oxygen atoms in total. The number of hydrogen-bond acceptors (Lipinski definition) is 3. The quantitative estimate of drug-likeness (QED) is 0.644. The SMILES string of the molecule is CCn1c(=O)[nH]c(C)c(C#N)c1=O. The third-order valence-electron chi connectivity index (χ3n) is 1.80. The Hall–Kier alpha value is -1.83. The number of nitrogens with one attached hydrogen (secondary N) is 1. The molecule has 1 heterocycles. The molecule has 0 aliphatic rings. The smallest absolute Gasteiger partial charge is 0.310 e. The van der Waals surface area contributed by atoms with Crippen molar-refractivity contribution in [2.75, 3.05) is 0 Å². The van der Waals surface area contributed by atoms with Crippen LogP contribution in [-0.4, -0.2) is 9.55 Å². The van der Waals surface area contributed by atoms with E-state index >= 15 is 0 Å². The summed E-state index contributed by atoms with van der Waals surface area (Å²) in [7, 11) is 0. The van der Waals surface area contributed by atoms with Gasteiger partial charge in [-0.3, -0.25) is 9.36 Å². The molecule has 0 radical (unpaired) electrons. The molecular formula is C8H9N3O2. The highest BCUT2D eigenvalue weighted by Gasteiger charge is 2.08. The van der Waals surface area contributed by atoms with E-state index in [1.165, 1.54) is 6.92 Å². The Kier molecular flexibility index (Phi) is 2.33. The summed E-state index contributed by atoms with van der Waals surface area (Å²) in [4.78, 5) is 25.0. The first-order valence-electron chi connectivity index (χ1n) is 3.85. The summed E-state index contributed by atoms with van der Waals surface area (Å²) < 4.78 is 0.992. The van der Waals surface area contributed by atoms with Crippen molar-refractivity contribution in [3.8, 4) is 6.07 Å². The second kappa shape index (κ2) is 3.27. The number of nitrogens with zero attached hydrogens (tertiary/aromatic N) is 2. The molecule has 0 fully saturated rings. The number of H-pyrrole nitrogens is 1. The first-order valence-corrected chi connectivity index (χ1v) is 3.85. The number of aromatic nitrogens is 2. The van der Waals surface area contributed by atoms with Gasteiger partial charge in [0.05, 0.1) is 0 Å². The standard InChI is InChI=1S/C8H9N3O2/c1-3-11-7(12)6(4-9)5(2)10-8(11)13/h3H2,1-2H3,(H,10,13). The van der Waals surface area contributed by atoms with Gasteiger partial charge in [0, 0.05) is 12.2 Å². The van der Waals surface area contributed by atoms with Gasteiger partial charge in [0.1, 0.15) is 11.6 Å². The Morgan fingerprint density at radius 1 is 1.54 bits per heavy atom. The molecule has 0 aliphatic carbocycles. The molecule has 0 aromatic carbocycles. The molecule has 1 aromatic rings. The van der Waals surface area contributed by atoms with E-state index in [0.717, 1.165) is 4.57 Å². The zero-order valence-corrected chi connectivity index (χ0v) is 7.42. The predicted octanol–water partition coefficient (Wildman–Crippen LogP) is -0.263. The van der Waals surface area contributed by atoms with Crippen LogP contribution in [0, 0.1) is 18.3 Å². The zero-order chi connectivity index (χ0) is 10.0. The van der Waals surface area contributed by atoms with E-state index < -0.39 is 11.2 Å². The molecule has 0 unspecified atom stereocenters. The first kappa shape index (κ1) is 9.26. The Morgan fingerprint density at radius 2 is 2.15 bits per heavy atom. The maximum atomic E-state index is 11.4. The highest BCUT2D eigenvalue weighted by atomic mass is 16.2. The topological polar surface area (TPSA) is 78.7 Å². The van der Waals surface area contributed by atoms with Gasteiger partial charge in [0.15, 0.2) is 0 Å². The highest BCUT2D eigenvalue weighted by Crippen LogP contribution is 1.91. The minimum atomic E-state index is -0.522. The van der Waals surface area contributed by atoms with Gasteiger partial charge in [-0.2, -0.15) is 5.26 Å². The molecule has 1 aromatic heterocycles. The predicted molar refractivity (Wildman–Crippen MR) is 46.4 cm³/mol. The van der Waals surface area contributed by atoms with Crippen LogP contribution in [0.3, 0.4) is 0 Å². The normalized spacial score (nSPS) is 9.62. The van der Waals surface area contributed by atoms with E-state index in [2.05, 4.69) is 4.98 Å². The minimum Gasteiger partial charge on any atom is -0.310 e. The van der Waals surface area contributed by atoms with E-state index in [9.17, 15) is 9.59 Å². The third-order valence-corrected chi connectivity index (χ3v) is 1.80. The van der Waals surface area contributed by atoms with Gasteiger partial charge in [-0.25, -0.2) is 4.79 Å². The molecule has 5 heteroatoms. The maximum Gasteiger partial charge on any atom is 0.328 e. The lowest BCUT2D eigenvalue weighted by Crippen LogP contribution is -2.36. The Labute approximate surface area is 74.3 Å². The van der Waals surface area contributed by atoms with Gasteiger partial charge >= 0.3 is 5.69 Å². The van der Waals surface area contributed by atoms with Gasteiger partial charge in [-0.05, 0) is 13.8 Å². The molecule has 0 spiro atoms. The van der Waals surface area contributed by atoms with E-state index in [1.54, 1.807) is 13.0 Å². The Morgan fingerprint density at radius 3 is 2.62 bits per heavy atom. The number of aromatic amines is 1. The number of nitriles is 1. The summed E-state index contributed by atoms with van der Waals surface area (Å²) in [6.07, 6.45) is 0. The van der Waals surface area contributed by atoms with E-state index in [4.69, 9.17) is 5.26 Å². The van der Waals surface area contributed by atoms with Crippen molar-refractivity contribution in [1.82, 2.24) is 9.55 Å². The fraction of sp³-hybridized carbons (Fsp3) is 0.375. The van der Waals surface area contributed by atoms with Crippen molar-refractivity contribution in [2.24, 2.45) is 0 Å². The van der Waals surface area contributed by atoms with Crippen molar-refractivity contribution in [3.63, 3.8) is 0 Å². The lowest BCUT2D eigenvalue weighted by atomic mass is 10.2. The third kappa shape index (κ3) is 1.38. The molecule has 0 saturated carbocycles. The van der Waals surface area contributed by atoms with Crippen molar-refractivity contribution < 1.29 is 0 Å². The van der Waals surface area contributed by atoms with Crippen molar-refractivity contribution >= 4 is 0 Å². The summed E-state index contributed by atoms with van der Waals surface area (Å²) in [6, 6.07) is 1.76. The number of hydrogen-bond donors (Lipinski definition) is 1. The second-order valence-corrected chi connectivity index (χ2v) is 2.59. The van der Waals surface area contributed by atoms with Crippen molar-refractivity contribution in [3.05, 3.63) is 32.1 Å². The molecule has 13 heavy (non-hydrogen) atoms. The van der Waals surface area contributed by atoms with Crippen LogP contribution >= 0.6 is 0 Å². The van der Waals surface area contributed by atoms with E-state index in [0.29, 0.717) is 5.69 Å². The molecule has 1 N–H and O–H groups in total. The molecule has 0 amide bonds. The van der Waals surface area contributed by atoms with Crippen LogP contribution in [0.5, 0.6) is 0 Å². The maximum absolute atomic E-state index is 11.4. The van der Waals surface area contributed by atoms with Crippen LogP contribution in [0.1, 0.15) is 18.2 Å². The van der Waals surface area contributed by atoms with Crippen LogP contribution in [0.2, 0.25) is 0 Å². The molecule has 0 atom stereocenters. The first-order chi connectivity index (χ1) is 6.11. The van der Waals surface area contributed by atoms with E-state index in [1.807, 2.05) is 0 Å². The molecule has 0 aliphatic heterocycles. The van der Waals surface area contributed by atoms with Gasteiger partial charge in [0.2, 0.25) is 0 Å². The summed E-state index contributed by atoms with van der Waals surface area (Å²) in [5.74, 6) is 0. The van der Waals surface area contributed by atoms with Crippen molar-refractivity contribution in [2.45, 2.75) is 20.4 Å². The van der Waals surface area contributed by atoms with Gasteiger partial charge in [-0.15, -0.1) is 0 Å². The molecule has 68 valence electrons. The summed E-state index contributed by atoms with van der Waals surface area (Å²) in [5, 5.41) is 8.62. The minimum absolute atomic E-state index is 0.00134. The zero-order valence-electron chi connectivity index (χ0n) is 7.42. The highest BCUT2D eigenvalue weighted by molar-refractivity contribution is 5.29. The fourth-order valence-corrected chi connectivity index (χ4v) is 1.10. The Bertz CT molecular complexity index is 476. The lowest BCUT2D eigenvalue weighted by Gasteiger charge is -2.01. The summed E-state index contributed by atoms with van der Waals surface area (Å²) in [5.41, 5.74) is -0.668.